The Morgan fingerprint density at radius 2 is 1.68 bits per heavy atom. The molecule has 0 saturated heterocycles. The first-order valence-electron chi connectivity index (χ1n) is 7.92. The zero-order chi connectivity index (χ0) is 19.6. The van der Waals surface area contributed by atoms with Crippen molar-refractivity contribution < 1.29 is 25.8 Å². The van der Waals surface area contributed by atoms with Crippen LogP contribution >= 0.6 is 0 Å². The molecule has 0 bridgehead atoms. The average molecular weight is 378 g/mol. The highest BCUT2D eigenvalue weighted by molar-refractivity contribution is 7.88. The summed E-state index contributed by atoms with van der Waals surface area (Å²) in [5.74, 6) is -0.275. The molecular formula is C18H25F3O3S. The number of rotatable bonds is 6. The van der Waals surface area contributed by atoms with Gasteiger partial charge < -0.3 is 4.18 Å². The Hall–Kier alpha value is -1.50. The van der Waals surface area contributed by atoms with Crippen LogP contribution in [0.3, 0.4) is 0 Å². The lowest BCUT2D eigenvalue weighted by atomic mass is 9.78. The quantitative estimate of drug-likeness (QED) is 0.366. The van der Waals surface area contributed by atoms with Gasteiger partial charge in [0, 0.05) is 5.56 Å². The molecule has 0 aliphatic heterocycles. The number of hydrogen-bond acceptors (Lipinski definition) is 3. The summed E-state index contributed by atoms with van der Waals surface area (Å²) in [5.41, 5.74) is -2.36. The number of allylic oxidation sites excluding steroid dienone is 2. The van der Waals surface area contributed by atoms with Gasteiger partial charge in [-0.25, -0.2) is 0 Å². The fourth-order valence-electron chi connectivity index (χ4n) is 2.30. The first kappa shape index (κ1) is 21.5. The standard InChI is InChI=1S/C18H25F3O3S/c1-12(2)14(4)9-10-17(5,6)15-11-13(3)7-8-16(15)24-25(22,23)18(19,20)21/h7-8,11H,9-10H2,1-6H3. The molecule has 0 aromatic heterocycles. The molecule has 0 unspecified atom stereocenters. The topological polar surface area (TPSA) is 43.4 Å². The number of aryl methyl sites for hydroxylation is 1. The van der Waals surface area contributed by atoms with Crippen LogP contribution in [0.4, 0.5) is 13.2 Å². The van der Waals surface area contributed by atoms with Crippen molar-refractivity contribution in [3.05, 3.63) is 40.5 Å². The number of halogens is 3. The van der Waals surface area contributed by atoms with Gasteiger partial charge in [0.2, 0.25) is 0 Å². The molecule has 0 radical (unpaired) electrons. The summed E-state index contributed by atoms with van der Waals surface area (Å²) in [4.78, 5) is 0. The van der Waals surface area contributed by atoms with Gasteiger partial charge in [0.25, 0.3) is 0 Å². The van der Waals surface area contributed by atoms with Crippen molar-refractivity contribution in [1.29, 1.82) is 0 Å². The van der Waals surface area contributed by atoms with E-state index in [-0.39, 0.29) is 5.75 Å². The number of hydrogen-bond donors (Lipinski definition) is 0. The number of benzene rings is 1. The van der Waals surface area contributed by atoms with E-state index in [0.717, 1.165) is 12.0 Å². The predicted molar refractivity (Wildman–Crippen MR) is 93.1 cm³/mol. The Bertz CT molecular complexity index is 756. The highest BCUT2D eigenvalue weighted by Gasteiger charge is 2.49. The molecule has 142 valence electrons. The molecule has 1 rings (SSSR count). The van der Waals surface area contributed by atoms with Gasteiger partial charge in [-0.3, -0.25) is 0 Å². The molecule has 0 spiro atoms. The molecular weight excluding hydrogens is 353 g/mol. The molecule has 25 heavy (non-hydrogen) atoms. The van der Waals surface area contributed by atoms with Crippen LogP contribution in [0.15, 0.2) is 29.3 Å². The minimum atomic E-state index is -5.70. The van der Waals surface area contributed by atoms with Crippen molar-refractivity contribution in [1.82, 2.24) is 0 Å². The van der Waals surface area contributed by atoms with E-state index in [4.69, 9.17) is 0 Å². The van der Waals surface area contributed by atoms with E-state index in [1.807, 2.05) is 34.6 Å². The zero-order valence-corrected chi connectivity index (χ0v) is 16.2. The van der Waals surface area contributed by atoms with E-state index in [9.17, 15) is 21.6 Å². The molecule has 7 heteroatoms. The molecule has 0 aliphatic rings. The van der Waals surface area contributed by atoms with E-state index >= 15 is 0 Å². The lowest BCUT2D eigenvalue weighted by molar-refractivity contribution is -0.0500. The van der Waals surface area contributed by atoms with Crippen LogP contribution in [-0.4, -0.2) is 13.9 Å². The van der Waals surface area contributed by atoms with Gasteiger partial charge in [-0.05, 0) is 52.0 Å². The fraction of sp³-hybridized carbons (Fsp3) is 0.556. The van der Waals surface area contributed by atoms with E-state index in [1.165, 1.54) is 23.3 Å². The molecule has 0 amide bonds. The van der Waals surface area contributed by atoms with Crippen LogP contribution in [0, 0.1) is 6.92 Å². The second-order valence-corrected chi connectivity index (χ2v) is 8.68. The molecule has 0 aliphatic carbocycles. The largest absolute Gasteiger partial charge is 0.534 e. The number of alkyl halides is 3. The van der Waals surface area contributed by atoms with E-state index in [0.29, 0.717) is 12.0 Å². The van der Waals surface area contributed by atoms with Gasteiger partial charge in [-0.2, -0.15) is 21.6 Å². The monoisotopic (exact) mass is 378 g/mol. The maximum atomic E-state index is 12.7. The van der Waals surface area contributed by atoms with Gasteiger partial charge in [-0.15, -0.1) is 0 Å². The summed E-state index contributed by atoms with van der Waals surface area (Å²) in [6.07, 6.45) is 1.41. The van der Waals surface area contributed by atoms with Crippen molar-refractivity contribution in [2.75, 3.05) is 0 Å². The van der Waals surface area contributed by atoms with E-state index in [2.05, 4.69) is 4.18 Å². The lowest BCUT2D eigenvalue weighted by Gasteiger charge is -2.28. The van der Waals surface area contributed by atoms with Crippen LogP contribution in [0.2, 0.25) is 0 Å². The highest BCUT2D eigenvalue weighted by atomic mass is 32.2. The zero-order valence-electron chi connectivity index (χ0n) is 15.4. The lowest BCUT2D eigenvalue weighted by Crippen LogP contribution is -2.29. The van der Waals surface area contributed by atoms with Gasteiger partial charge in [0.15, 0.2) is 0 Å². The Morgan fingerprint density at radius 3 is 2.16 bits per heavy atom. The van der Waals surface area contributed by atoms with Gasteiger partial charge in [0.05, 0.1) is 0 Å². The molecule has 1 aromatic rings. The normalized spacial score (nSPS) is 12.8. The Morgan fingerprint density at radius 1 is 1.12 bits per heavy atom. The first-order chi connectivity index (χ1) is 11.2. The predicted octanol–water partition coefficient (Wildman–Crippen LogP) is 5.64. The van der Waals surface area contributed by atoms with Crippen LogP contribution in [0.25, 0.3) is 0 Å². The summed E-state index contributed by atoms with van der Waals surface area (Å²) in [7, 11) is -5.70. The summed E-state index contributed by atoms with van der Waals surface area (Å²) >= 11 is 0. The second kappa shape index (κ2) is 7.40. The molecule has 3 nitrogen and oxygen atoms in total. The maximum absolute atomic E-state index is 12.7. The smallest absolute Gasteiger partial charge is 0.376 e. The summed E-state index contributed by atoms with van der Waals surface area (Å²) in [5, 5.41) is 0. The summed E-state index contributed by atoms with van der Waals surface area (Å²) < 4.78 is 65.2. The van der Waals surface area contributed by atoms with E-state index in [1.54, 1.807) is 13.0 Å². The minimum Gasteiger partial charge on any atom is -0.376 e. The third-order valence-electron chi connectivity index (χ3n) is 4.33. The highest BCUT2D eigenvalue weighted by Crippen LogP contribution is 2.39. The molecule has 1 aromatic carbocycles. The molecule has 0 atom stereocenters. The third-order valence-corrected chi connectivity index (χ3v) is 5.29. The average Bonchev–Trinajstić information content (AvgIpc) is 2.45. The Kier molecular flexibility index (Phi) is 6.37. The van der Waals surface area contributed by atoms with Crippen molar-refractivity contribution in [2.24, 2.45) is 0 Å². The molecule has 0 heterocycles. The molecule has 0 N–H and O–H groups in total. The van der Waals surface area contributed by atoms with Gasteiger partial charge in [0.1, 0.15) is 5.75 Å². The maximum Gasteiger partial charge on any atom is 0.534 e. The SMILES string of the molecule is CC(C)=C(C)CCC(C)(C)c1cc(C)ccc1OS(=O)(=O)C(F)(F)F. The van der Waals surface area contributed by atoms with E-state index < -0.39 is 21.0 Å². The molecule has 0 fully saturated rings. The van der Waals surface area contributed by atoms with Crippen LogP contribution in [-0.2, 0) is 15.5 Å². The Balaban J connectivity index is 3.27. The van der Waals surface area contributed by atoms with Gasteiger partial charge >= 0.3 is 15.6 Å². The van der Waals surface area contributed by atoms with Crippen LogP contribution in [0.5, 0.6) is 5.75 Å². The second-order valence-electron chi connectivity index (χ2n) is 7.15. The summed E-state index contributed by atoms with van der Waals surface area (Å²) in [6.45, 7) is 11.5. The van der Waals surface area contributed by atoms with Crippen molar-refractivity contribution in [3.63, 3.8) is 0 Å². The van der Waals surface area contributed by atoms with Crippen LogP contribution in [0.1, 0.15) is 58.6 Å². The van der Waals surface area contributed by atoms with Crippen molar-refractivity contribution >= 4 is 10.1 Å². The summed E-state index contributed by atoms with van der Waals surface area (Å²) in [6, 6.07) is 4.49. The Labute approximate surface area is 148 Å². The van der Waals surface area contributed by atoms with Crippen LogP contribution < -0.4 is 4.18 Å². The first-order valence-corrected chi connectivity index (χ1v) is 9.33. The molecule has 0 saturated carbocycles. The van der Waals surface area contributed by atoms with Crippen molar-refractivity contribution in [3.8, 4) is 5.75 Å². The van der Waals surface area contributed by atoms with Gasteiger partial charge in [-0.1, -0.05) is 42.7 Å². The minimum absolute atomic E-state index is 0.275. The van der Waals surface area contributed by atoms with Crippen molar-refractivity contribution in [2.45, 2.75) is 65.3 Å². The fourth-order valence-corrected chi connectivity index (χ4v) is 2.77. The third kappa shape index (κ3) is 5.49.